The van der Waals surface area contributed by atoms with E-state index in [0.717, 1.165) is 71.5 Å². The van der Waals surface area contributed by atoms with E-state index in [0.29, 0.717) is 6.04 Å². The highest BCUT2D eigenvalue weighted by atomic mass is 127. The van der Waals surface area contributed by atoms with Gasteiger partial charge in [-0.3, -0.25) is 14.8 Å². The highest BCUT2D eigenvalue weighted by Gasteiger charge is 2.25. The average molecular weight is 556 g/mol. The minimum atomic E-state index is 0. The fraction of sp³-hybridized carbons (Fsp3) is 0.522. The van der Waals surface area contributed by atoms with Crippen LogP contribution in [0.5, 0.6) is 0 Å². The van der Waals surface area contributed by atoms with Crippen molar-refractivity contribution in [2.75, 3.05) is 66.1 Å². The maximum absolute atomic E-state index is 5.57. The van der Waals surface area contributed by atoms with Gasteiger partial charge in [0.05, 0.1) is 19.3 Å². The van der Waals surface area contributed by atoms with E-state index in [1.807, 2.05) is 18.4 Å². The van der Waals surface area contributed by atoms with Gasteiger partial charge in [0.25, 0.3) is 0 Å². The van der Waals surface area contributed by atoms with Crippen LogP contribution in [0.15, 0.2) is 52.8 Å². The lowest BCUT2D eigenvalue weighted by Crippen LogP contribution is -2.53. The molecule has 0 amide bonds. The van der Waals surface area contributed by atoms with Crippen molar-refractivity contribution in [3.8, 4) is 0 Å². The minimum Gasteiger partial charge on any atom is -0.379 e. The monoisotopic (exact) mass is 555 g/mol. The molecule has 2 aliphatic rings. The van der Waals surface area contributed by atoms with E-state index >= 15 is 0 Å². The number of thiophene rings is 1. The van der Waals surface area contributed by atoms with Gasteiger partial charge in [0.2, 0.25) is 0 Å². The third-order valence-corrected chi connectivity index (χ3v) is 6.92. The number of piperazine rings is 1. The molecular weight excluding hydrogens is 521 g/mol. The Hall–Kier alpha value is -1.20. The number of nitrogens with zero attached hydrogens (tertiary/aromatic N) is 4. The van der Waals surface area contributed by atoms with Crippen LogP contribution in [0.4, 0.5) is 0 Å². The molecule has 1 aromatic heterocycles. The molecule has 170 valence electrons. The summed E-state index contributed by atoms with van der Waals surface area (Å²) >= 11 is 1.84. The topological polar surface area (TPSA) is 43.3 Å². The zero-order valence-electron chi connectivity index (χ0n) is 18.3. The van der Waals surface area contributed by atoms with Crippen LogP contribution >= 0.6 is 35.3 Å². The third-order valence-electron chi connectivity index (χ3n) is 5.94. The van der Waals surface area contributed by atoms with Crippen molar-refractivity contribution in [3.05, 3.63) is 58.3 Å². The largest absolute Gasteiger partial charge is 0.379 e. The number of aliphatic imine (C=N–C) groups is 1. The van der Waals surface area contributed by atoms with Gasteiger partial charge in [-0.2, -0.15) is 0 Å². The number of hydrogen-bond donors (Lipinski definition) is 1. The van der Waals surface area contributed by atoms with Gasteiger partial charge in [0.1, 0.15) is 0 Å². The summed E-state index contributed by atoms with van der Waals surface area (Å²) < 4.78 is 5.57. The summed E-state index contributed by atoms with van der Waals surface area (Å²) in [4.78, 5) is 13.5. The molecule has 1 unspecified atom stereocenters. The third kappa shape index (κ3) is 6.89. The van der Waals surface area contributed by atoms with Crippen molar-refractivity contribution < 1.29 is 4.74 Å². The molecule has 1 N–H and O–H groups in total. The lowest BCUT2D eigenvalue weighted by atomic mass is 10.2. The lowest BCUT2D eigenvalue weighted by molar-refractivity contribution is 0.0175. The molecule has 2 aromatic rings. The van der Waals surface area contributed by atoms with E-state index in [4.69, 9.17) is 4.74 Å². The minimum absolute atomic E-state index is 0. The first-order valence-electron chi connectivity index (χ1n) is 10.9. The molecule has 6 nitrogen and oxygen atoms in total. The standard InChI is InChI=1S/C23H33N5OS.HI/c1-24-23(28-11-9-26(10-12-28)19-20-6-3-2-4-7-20)25-18-21(22-8-5-17-30-22)27-13-15-29-16-14-27;/h2-8,17,21H,9-16,18-19H2,1H3,(H,24,25);1H. The van der Waals surface area contributed by atoms with Gasteiger partial charge in [-0.05, 0) is 17.0 Å². The molecule has 2 aliphatic heterocycles. The Morgan fingerprint density at radius 2 is 1.77 bits per heavy atom. The van der Waals surface area contributed by atoms with Crippen LogP contribution in [-0.4, -0.2) is 86.7 Å². The molecule has 0 aliphatic carbocycles. The number of ether oxygens (including phenoxy) is 1. The van der Waals surface area contributed by atoms with E-state index in [2.05, 4.69) is 72.9 Å². The van der Waals surface area contributed by atoms with Gasteiger partial charge in [0, 0.05) is 64.3 Å². The Morgan fingerprint density at radius 1 is 1.03 bits per heavy atom. The maximum Gasteiger partial charge on any atom is 0.193 e. The van der Waals surface area contributed by atoms with Gasteiger partial charge in [-0.1, -0.05) is 36.4 Å². The maximum atomic E-state index is 5.57. The Morgan fingerprint density at radius 3 is 2.42 bits per heavy atom. The Balaban J connectivity index is 0.00000272. The quantitative estimate of drug-likeness (QED) is 0.337. The van der Waals surface area contributed by atoms with E-state index < -0.39 is 0 Å². The smallest absolute Gasteiger partial charge is 0.193 e. The SMILES string of the molecule is CN=C(NCC(c1cccs1)N1CCOCC1)N1CCN(Cc2ccccc2)CC1.I. The number of halogens is 1. The molecule has 8 heteroatoms. The van der Waals surface area contributed by atoms with Gasteiger partial charge < -0.3 is 15.0 Å². The zero-order valence-corrected chi connectivity index (χ0v) is 21.4. The van der Waals surface area contributed by atoms with Gasteiger partial charge in [-0.15, -0.1) is 35.3 Å². The highest BCUT2D eigenvalue weighted by molar-refractivity contribution is 14.0. The average Bonchev–Trinajstić information content (AvgIpc) is 3.33. The van der Waals surface area contributed by atoms with Crippen molar-refractivity contribution >= 4 is 41.3 Å². The second-order valence-electron chi connectivity index (χ2n) is 7.86. The molecule has 1 atom stereocenters. The Bertz CT molecular complexity index is 775. The van der Waals surface area contributed by atoms with Crippen molar-refractivity contribution in [1.82, 2.24) is 20.0 Å². The summed E-state index contributed by atoms with van der Waals surface area (Å²) in [6.07, 6.45) is 0. The van der Waals surface area contributed by atoms with Crippen LogP contribution in [0.1, 0.15) is 16.5 Å². The fourth-order valence-corrected chi connectivity index (χ4v) is 5.12. The fourth-order valence-electron chi connectivity index (χ4n) is 4.26. The number of nitrogens with one attached hydrogen (secondary N) is 1. The lowest BCUT2D eigenvalue weighted by Gasteiger charge is -2.38. The van der Waals surface area contributed by atoms with Crippen molar-refractivity contribution in [3.63, 3.8) is 0 Å². The number of benzene rings is 1. The summed E-state index contributed by atoms with van der Waals surface area (Å²) in [6, 6.07) is 15.5. The second kappa shape index (κ2) is 12.7. The van der Waals surface area contributed by atoms with Gasteiger partial charge >= 0.3 is 0 Å². The van der Waals surface area contributed by atoms with Crippen molar-refractivity contribution in [2.45, 2.75) is 12.6 Å². The molecule has 3 heterocycles. The summed E-state index contributed by atoms with van der Waals surface area (Å²) in [7, 11) is 1.90. The summed E-state index contributed by atoms with van der Waals surface area (Å²) in [5.41, 5.74) is 1.39. The first-order valence-corrected chi connectivity index (χ1v) is 11.8. The van der Waals surface area contributed by atoms with Crippen molar-refractivity contribution in [1.29, 1.82) is 0 Å². The second-order valence-corrected chi connectivity index (χ2v) is 8.84. The summed E-state index contributed by atoms with van der Waals surface area (Å²) in [6.45, 7) is 9.65. The molecule has 1 aromatic carbocycles. The van der Waals surface area contributed by atoms with E-state index in [1.54, 1.807) is 0 Å². The van der Waals surface area contributed by atoms with E-state index in [-0.39, 0.29) is 24.0 Å². The molecule has 4 rings (SSSR count). The highest BCUT2D eigenvalue weighted by Crippen LogP contribution is 2.25. The predicted octanol–water partition coefficient (Wildman–Crippen LogP) is 3.13. The zero-order chi connectivity index (χ0) is 20.6. The summed E-state index contributed by atoms with van der Waals surface area (Å²) in [5.74, 6) is 1.02. The molecule has 0 radical (unpaired) electrons. The predicted molar refractivity (Wildman–Crippen MR) is 140 cm³/mol. The molecule has 2 saturated heterocycles. The van der Waals surface area contributed by atoms with Crippen LogP contribution in [-0.2, 0) is 11.3 Å². The molecule has 0 saturated carbocycles. The normalized spacial score (nSPS) is 19.6. The Labute approximate surface area is 207 Å². The van der Waals surface area contributed by atoms with Gasteiger partial charge in [-0.25, -0.2) is 0 Å². The molecule has 0 bridgehead atoms. The number of guanidine groups is 1. The Kier molecular flexibility index (Phi) is 10.0. The molecular formula is C23H34IN5OS. The number of rotatable bonds is 6. The van der Waals surface area contributed by atoms with Crippen LogP contribution in [0.25, 0.3) is 0 Å². The molecule has 31 heavy (non-hydrogen) atoms. The van der Waals surface area contributed by atoms with Crippen LogP contribution in [0.2, 0.25) is 0 Å². The van der Waals surface area contributed by atoms with E-state index in [1.165, 1.54) is 10.4 Å². The van der Waals surface area contributed by atoms with Crippen LogP contribution in [0.3, 0.4) is 0 Å². The summed E-state index contributed by atoms with van der Waals surface area (Å²) in [5, 5.41) is 5.84. The molecule has 2 fully saturated rings. The van der Waals surface area contributed by atoms with Crippen molar-refractivity contribution in [2.24, 2.45) is 4.99 Å². The van der Waals surface area contributed by atoms with Crippen LogP contribution in [0, 0.1) is 0 Å². The molecule has 0 spiro atoms. The first-order chi connectivity index (χ1) is 14.8. The van der Waals surface area contributed by atoms with Gasteiger partial charge in [0.15, 0.2) is 5.96 Å². The first kappa shape index (κ1) is 24.4. The number of hydrogen-bond acceptors (Lipinski definition) is 5. The van der Waals surface area contributed by atoms with Crippen LogP contribution < -0.4 is 5.32 Å². The van der Waals surface area contributed by atoms with E-state index in [9.17, 15) is 0 Å². The number of morpholine rings is 1.